The molecule has 356 valence electrons. The SMILES string of the molecule is CCCCCCCCCCCCCC/C=C/C(O)C(CO)NC(=O)CCCCCCCCCCCCCCCCCCCCOC(=O)CCCCCCCCCCCCC. The van der Waals surface area contributed by atoms with Crippen LogP contribution in [0.15, 0.2) is 12.2 Å². The van der Waals surface area contributed by atoms with Gasteiger partial charge in [-0.3, -0.25) is 9.59 Å². The molecule has 3 N–H and O–H groups in total. The predicted molar refractivity (Wildman–Crippen MR) is 260 cm³/mol. The van der Waals surface area contributed by atoms with Crippen LogP contribution in [-0.4, -0.2) is 47.4 Å². The van der Waals surface area contributed by atoms with Crippen molar-refractivity contribution in [2.75, 3.05) is 13.2 Å². The fourth-order valence-electron chi connectivity index (χ4n) is 8.40. The normalized spacial score (nSPS) is 12.7. The molecule has 1 amide bonds. The van der Waals surface area contributed by atoms with Gasteiger partial charge in [-0.25, -0.2) is 0 Å². The molecule has 0 bridgehead atoms. The Hall–Kier alpha value is -1.40. The second-order valence-corrected chi connectivity index (χ2v) is 18.6. The zero-order valence-corrected chi connectivity index (χ0v) is 40.5. The molecule has 0 aromatic heterocycles. The lowest BCUT2D eigenvalue weighted by Gasteiger charge is -2.20. The van der Waals surface area contributed by atoms with Crippen LogP contribution >= 0.6 is 0 Å². The van der Waals surface area contributed by atoms with Gasteiger partial charge in [-0.15, -0.1) is 0 Å². The minimum atomic E-state index is -0.845. The van der Waals surface area contributed by atoms with E-state index in [9.17, 15) is 19.8 Å². The summed E-state index contributed by atoms with van der Waals surface area (Å²) in [5.74, 6) is -0.0646. The van der Waals surface area contributed by atoms with E-state index in [2.05, 4.69) is 19.2 Å². The van der Waals surface area contributed by atoms with Gasteiger partial charge in [0.2, 0.25) is 5.91 Å². The molecule has 0 saturated heterocycles. The van der Waals surface area contributed by atoms with Crippen LogP contribution in [0, 0.1) is 0 Å². The van der Waals surface area contributed by atoms with Gasteiger partial charge in [0.25, 0.3) is 0 Å². The highest BCUT2D eigenvalue weighted by molar-refractivity contribution is 5.76. The van der Waals surface area contributed by atoms with Crippen LogP contribution in [0.4, 0.5) is 0 Å². The summed E-state index contributed by atoms with van der Waals surface area (Å²) in [6.07, 6.45) is 57.9. The Morgan fingerprint density at radius 3 is 1.13 bits per heavy atom. The molecule has 2 atom stereocenters. The summed E-state index contributed by atoms with van der Waals surface area (Å²) in [4.78, 5) is 24.4. The summed E-state index contributed by atoms with van der Waals surface area (Å²) in [6.45, 7) is 4.90. The molecular formula is C54H105NO5. The third kappa shape index (κ3) is 46.1. The first-order valence-corrected chi connectivity index (χ1v) is 27.0. The predicted octanol–water partition coefficient (Wildman–Crippen LogP) is 16.1. The van der Waals surface area contributed by atoms with Crippen molar-refractivity contribution in [3.63, 3.8) is 0 Å². The standard InChI is InChI=1S/C54H105NO5/c1-3-5-7-9-11-13-15-16-23-27-30-34-38-42-46-52(57)51(50-56)55-53(58)47-43-39-35-31-28-24-21-19-17-18-20-22-25-29-33-37-41-45-49-60-54(59)48-44-40-36-32-26-14-12-10-8-6-4-2/h42,46,51-52,56-57H,3-41,43-45,47-50H2,1-2H3,(H,55,58)/b46-42+. The average molecular weight is 848 g/mol. The molecule has 6 nitrogen and oxygen atoms in total. The van der Waals surface area contributed by atoms with Crippen LogP contribution in [0.2, 0.25) is 0 Å². The fourth-order valence-corrected chi connectivity index (χ4v) is 8.40. The number of esters is 1. The van der Waals surface area contributed by atoms with E-state index in [4.69, 9.17) is 4.74 Å². The highest BCUT2D eigenvalue weighted by Crippen LogP contribution is 2.17. The largest absolute Gasteiger partial charge is 0.466 e. The van der Waals surface area contributed by atoms with Gasteiger partial charge in [0, 0.05) is 12.8 Å². The summed E-state index contributed by atoms with van der Waals surface area (Å²) in [7, 11) is 0. The molecule has 0 aliphatic carbocycles. The van der Waals surface area contributed by atoms with Crippen molar-refractivity contribution < 1.29 is 24.5 Å². The number of amides is 1. The van der Waals surface area contributed by atoms with Gasteiger partial charge < -0.3 is 20.3 Å². The van der Waals surface area contributed by atoms with Gasteiger partial charge in [-0.1, -0.05) is 264 Å². The maximum absolute atomic E-state index is 12.4. The number of rotatable bonds is 50. The quantitative estimate of drug-likeness (QED) is 0.0322. The first kappa shape index (κ1) is 58.6. The van der Waals surface area contributed by atoms with E-state index in [1.807, 2.05) is 6.08 Å². The van der Waals surface area contributed by atoms with E-state index in [1.54, 1.807) is 6.08 Å². The zero-order chi connectivity index (χ0) is 43.7. The highest BCUT2D eigenvalue weighted by Gasteiger charge is 2.18. The Morgan fingerprint density at radius 1 is 0.450 bits per heavy atom. The fraction of sp³-hybridized carbons (Fsp3) is 0.926. The van der Waals surface area contributed by atoms with Crippen LogP contribution in [0.25, 0.3) is 0 Å². The first-order valence-electron chi connectivity index (χ1n) is 27.0. The number of carbonyl (C=O) groups excluding carboxylic acids is 2. The highest BCUT2D eigenvalue weighted by atomic mass is 16.5. The van der Waals surface area contributed by atoms with Crippen molar-refractivity contribution in [2.45, 2.75) is 309 Å². The van der Waals surface area contributed by atoms with Crippen LogP contribution in [0.3, 0.4) is 0 Å². The van der Waals surface area contributed by atoms with Crippen molar-refractivity contribution in [1.82, 2.24) is 5.32 Å². The topological polar surface area (TPSA) is 95.9 Å². The van der Waals surface area contributed by atoms with Crippen molar-refractivity contribution in [3.8, 4) is 0 Å². The molecule has 0 saturated carbocycles. The summed E-state index contributed by atoms with van der Waals surface area (Å²) in [5.41, 5.74) is 0. The Morgan fingerprint density at radius 2 is 0.767 bits per heavy atom. The third-order valence-corrected chi connectivity index (χ3v) is 12.6. The van der Waals surface area contributed by atoms with E-state index in [-0.39, 0.29) is 18.5 Å². The summed E-state index contributed by atoms with van der Waals surface area (Å²) in [5, 5.41) is 23.1. The molecular weight excluding hydrogens is 743 g/mol. The van der Waals surface area contributed by atoms with E-state index in [1.165, 1.54) is 231 Å². The Kier molecular flexibility index (Phi) is 49.1. The molecule has 0 aromatic rings. The van der Waals surface area contributed by atoms with Gasteiger partial charge in [-0.2, -0.15) is 0 Å². The molecule has 6 heteroatoms. The van der Waals surface area contributed by atoms with E-state index >= 15 is 0 Å². The number of ether oxygens (including phenoxy) is 1. The van der Waals surface area contributed by atoms with Gasteiger partial charge in [0.1, 0.15) is 0 Å². The molecule has 0 spiro atoms. The van der Waals surface area contributed by atoms with Crippen LogP contribution in [0.5, 0.6) is 0 Å². The molecule has 0 heterocycles. The lowest BCUT2D eigenvalue weighted by molar-refractivity contribution is -0.143. The molecule has 0 fully saturated rings. The van der Waals surface area contributed by atoms with E-state index in [0.29, 0.717) is 19.4 Å². The Labute approximate surface area is 374 Å². The van der Waals surface area contributed by atoms with Gasteiger partial charge in [0.05, 0.1) is 25.4 Å². The van der Waals surface area contributed by atoms with Crippen molar-refractivity contribution in [2.24, 2.45) is 0 Å². The number of aliphatic hydroxyl groups excluding tert-OH is 2. The molecule has 2 unspecified atom stereocenters. The number of unbranched alkanes of at least 4 members (excludes halogenated alkanes) is 39. The molecule has 0 aliphatic heterocycles. The first-order chi connectivity index (χ1) is 29.5. The third-order valence-electron chi connectivity index (χ3n) is 12.6. The number of aliphatic hydroxyl groups is 2. The Bertz CT molecular complexity index is 893. The van der Waals surface area contributed by atoms with Crippen molar-refractivity contribution in [3.05, 3.63) is 12.2 Å². The number of hydrogen-bond acceptors (Lipinski definition) is 5. The van der Waals surface area contributed by atoms with Crippen molar-refractivity contribution in [1.29, 1.82) is 0 Å². The van der Waals surface area contributed by atoms with Crippen molar-refractivity contribution >= 4 is 11.9 Å². The maximum Gasteiger partial charge on any atom is 0.305 e. The van der Waals surface area contributed by atoms with E-state index < -0.39 is 12.1 Å². The average Bonchev–Trinajstić information content (AvgIpc) is 3.25. The summed E-state index contributed by atoms with van der Waals surface area (Å²) < 4.78 is 5.46. The van der Waals surface area contributed by atoms with Gasteiger partial charge in [0.15, 0.2) is 0 Å². The van der Waals surface area contributed by atoms with Gasteiger partial charge in [-0.05, 0) is 32.1 Å². The summed E-state index contributed by atoms with van der Waals surface area (Å²) >= 11 is 0. The zero-order valence-electron chi connectivity index (χ0n) is 40.5. The molecule has 0 rings (SSSR count). The lowest BCUT2D eigenvalue weighted by Crippen LogP contribution is -2.45. The number of allylic oxidation sites excluding steroid dienone is 1. The lowest BCUT2D eigenvalue weighted by atomic mass is 10.0. The minimum absolute atomic E-state index is 0.00630. The second-order valence-electron chi connectivity index (χ2n) is 18.6. The minimum Gasteiger partial charge on any atom is -0.466 e. The molecule has 0 radical (unpaired) electrons. The maximum atomic E-state index is 12.4. The van der Waals surface area contributed by atoms with Gasteiger partial charge >= 0.3 is 5.97 Å². The number of hydrogen-bond donors (Lipinski definition) is 3. The van der Waals surface area contributed by atoms with Crippen LogP contribution < -0.4 is 5.32 Å². The monoisotopic (exact) mass is 848 g/mol. The van der Waals surface area contributed by atoms with E-state index in [0.717, 1.165) is 38.5 Å². The van der Waals surface area contributed by atoms with Crippen LogP contribution in [-0.2, 0) is 14.3 Å². The smallest absolute Gasteiger partial charge is 0.305 e. The Balaban J connectivity index is 3.43. The molecule has 0 aromatic carbocycles. The number of nitrogens with one attached hydrogen (secondary N) is 1. The second kappa shape index (κ2) is 50.2. The molecule has 0 aliphatic rings. The molecule has 60 heavy (non-hydrogen) atoms. The number of carbonyl (C=O) groups is 2. The van der Waals surface area contributed by atoms with Crippen LogP contribution in [0.1, 0.15) is 296 Å². The summed E-state index contributed by atoms with van der Waals surface area (Å²) in [6, 6.07) is -0.629.